The minimum absolute atomic E-state index is 0.00987. The number of aromatic hydroxyl groups is 1. The molecule has 1 aliphatic carbocycles. The number of benzene rings is 1. The van der Waals surface area contributed by atoms with Crippen molar-refractivity contribution in [3.05, 3.63) is 41.9 Å². The fourth-order valence-electron chi connectivity index (χ4n) is 6.94. The van der Waals surface area contributed by atoms with E-state index in [9.17, 15) is 15.0 Å². The molecule has 2 saturated heterocycles. The zero-order chi connectivity index (χ0) is 23.7. The molecule has 2 unspecified atom stereocenters. The van der Waals surface area contributed by atoms with Crippen LogP contribution in [0.15, 0.2) is 34.9 Å². The number of carbonyl (C=O) groups excluding carboxylic acids is 1. The van der Waals surface area contributed by atoms with E-state index in [1.807, 2.05) is 17.0 Å². The molecule has 1 aromatic carbocycles. The Morgan fingerprint density at radius 2 is 2.09 bits per heavy atom. The molecule has 1 aromatic heterocycles. The molecule has 8 heteroatoms. The Morgan fingerprint density at radius 3 is 2.82 bits per heavy atom. The molecule has 1 spiro atoms. The van der Waals surface area contributed by atoms with Crippen molar-refractivity contribution in [3.8, 4) is 11.5 Å². The average molecular weight is 487 g/mol. The minimum atomic E-state index is -2.72. The fourth-order valence-corrected chi connectivity index (χ4v) is 13.6. The summed E-state index contributed by atoms with van der Waals surface area (Å²) < 4.78 is 12.0. The molecular formula is C26H35N2O5P. The molecule has 4 aliphatic rings. The molecule has 1 saturated carbocycles. The molecule has 2 N–H and O–H groups in total. The Labute approximate surface area is 201 Å². The van der Waals surface area contributed by atoms with Crippen LogP contribution in [0.1, 0.15) is 37.5 Å². The van der Waals surface area contributed by atoms with Crippen LogP contribution in [0, 0.1) is 12.8 Å². The van der Waals surface area contributed by atoms with Crippen molar-refractivity contribution in [1.29, 1.82) is 0 Å². The van der Waals surface area contributed by atoms with Crippen molar-refractivity contribution in [2.45, 2.75) is 56.8 Å². The van der Waals surface area contributed by atoms with Crippen molar-refractivity contribution in [3.63, 3.8) is 0 Å². The van der Waals surface area contributed by atoms with Crippen molar-refractivity contribution in [2.75, 3.05) is 32.3 Å². The van der Waals surface area contributed by atoms with Crippen LogP contribution in [-0.2, 0) is 11.2 Å². The van der Waals surface area contributed by atoms with E-state index in [4.69, 9.17) is 9.15 Å². The number of nitrogens with zero attached hydrogens (tertiary/aromatic N) is 2. The van der Waals surface area contributed by atoms with E-state index in [-0.39, 0.29) is 30.0 Å². The van der Waals surface area contributed by atoms with Gasteiger partial charge < -0.3 is 0 Å². The number of aliphatic hydroxyl groups is 1. The summed E-state index contributed by atoms with van der Waals surface area (Å²) in [6.45, 7) is 7.14. The van der Waals surface area contributed by atoms with Gasteiger partial charge in [-0.1, -0.05) is 0 Å². The van der Waals surface area contributed by atoms with Crippen LogP contribution in [0.25, 0.3) is 0 Å². The van der Waals surface area contributed by atoms with E-state index in [1.165, 1.54) is 12.8 Å². The molecule has 3 aliphatic heterocycles. The monoisotopic (exact) mass is 486 g/mol. The first-order valence-electron chi connectivity index (χ1n) is 12.6. The summed E-state index contributed by atoms with van der Waals surface area (Å²) in [5, 5.41) is 23.6. The Bertz CT molecular complexity index is 1100. The van der Waals surface area contributed by atoms with Gasteiger partial charge >= 0.3 is 201 Å². The predicted molar refractivity (Wildman–Crippen MR) is 132 cm³/mol. The molecule has 0 radical (unpaired) electrons. The van der Waals surface area contributed by atoms with Gasteiger partial charge in [0, 0.05) is 0 Å². The fraction of sp³-hybridized carbons (Fsp3) is 0.577. The Morgan fingerprint density at radius 1 is 1.26 bits per heavy atom. The Hall–Kier alpha value is -2.08. The van der Waals surface area contributed by atoms with Crippen molar-refractivity contribution < 1.29 is 24.2 Å². The molecule has 34 heavy (non-hydrogen) atoms. The second-order valence-corrected chi connectivity index (χ2v) is 15.3. The first-order valence-corrected chi connectivity index (χ1v) is 14.9. The maximum atomic E-state index is 13.3. The quantitative estimate of drug-likeness (QED) is 0.647. The first kappa shape index (κ1) is 22.4. The third-order valence-electron chi connectivity index (χ3n) is 9.00. The summed E-state index contributed by atoms with van der Waals surface area (Å²) in [5.74, 6) is 1.77. The van der Waals surface area contributed by atoms with Crippen LogP contribution < -0.4 is 10.0 Å². The summed E-state index contributed by atoms with van der Waals surface area (Å²) in [7, 11) is -2.72. The third-order valence-corrected chi connectivity index (χ3v) is 15.1. The van der Waals surface area contributed by atoms with Gasteiger partial charge in [0.15, 0.2) is 0 Å². The number of ether oxygens (including phenoxy) is 1. The summed E-state index contributed by atoms with van der Waals surface area (Å²) in [5.41, 5.74) is 1.08. The predicted octanol–water partition coefficient (Wildman–Crippen LogP) is 2.67. The van der Waals surface area contributed by atoms with Gasteiger partial charge in [-0.3, -0.25) is 0 Å². The second-order valence-electron chi connectivity index (χ2n) is 10.8. The number of carbonyl (C=O) groups is 1. The molecule has 7 nitrogen and oxygen atoms in total. The third kappa shape index (κ3) is 3.24. The summed E-state index contributed by atoms with van der Waals surface area (Å²) in [6, 6.07) is 7.24. The van der Waals surface area contributed by atoms with Crippen LogP contribution in [0.4, 0.5) is 0 Å². The number of hydrogen-bond donors (Lipinski definition) is 2. The average Bonchev–Trinajstić information content (AvgIpc) is 3.40. The first-order chi connectivity index (χ1) is 16.3. The number of aryl methyl sites for hydroxylation is 1. The zero-order valence-electron chi connectivity index (χ0n) is 20.0. The van der Waals surface area contributed by atoms with Gasteiger partial charge in [0.25, 0.3) is 0 Å². The van der Waals surface area contributed by atoms with Crippen LogP contribution in [0.5, 0.6) is 11.5 Å². The number of rotatable bonds is 4. The molecule has 4 heterocycles. The normalized spacial score (nSPS) is 31.1. The van der Waals surface area contributed by atoms with Gasteiger partial charge in [0.2, 0.25) is 0 Å². The van der Waals surface area contributed by atoms with E-state index in [1.54, 1.807) is 18.4 Å². The Balaban J connectivity index is 1.41. The van der Waals surface area contributed by atoms with Crippen molar-refractivity contribution in [2.24, 2.45) is 5.92 Å². The number of phenols is 1. The number of fused-ring (bicyclic) bond motifs is 1. The Kier molecular flexibility index (Phi) is 5.25. The van der Waals surface area contributed by atoms with Gasteiger partial charge in [-0.15, -0.1) is 0 Å². The molecule has 3 atom stereocenters. The molecule has 0 bridgehead atoms. The van der Waals surface area contributed by atoms with Gasteiger partial charge in [-0.05, 0) is 0 Å². The van der Waals surface area contributed by atoms with E-state index in [0.717, 1.165) is 36.0 Å². The molecule has 184 valence electrons. The van der Waals surface area contributed by atoms with Crippen LogP contribution in [0.3, 0.4) is 0 Å². The van der Waals surface area contributed by atoms with Crippen LogP contribution >= 0.6 is 7.26 Å². The number of hydrogen-bond acceptors (Lipinski definition) is 6. The molecule has 3 fully saturated rings. The topological polar surface area (TPSA) is 86.4 Å². The van der Waals surface area contributed by atoms with E-state index >= 15 is 0 Å². The zero-order valence-corrected chi connectivity index (χ0v) is 21.0. The standard InChI is InChI=1S/C26H35N2O5P/c1-17-5-8-21(29)24-25(17)34-13-11-27(15-19-6-7-19)18(2)26(34,31)9-10-28(16-23(34)33-24)22(30)14-20-4-3-12-32-20/h3-5,8,12,18-19,23,29,31,34H,6-7,9-11,13-16H2,1-2H3/t18?,23-,26?/m1/s1. The van der Waals surface area contributed by atoms with E-state index in [0.29, 0.717) is 31.0 Å². The van der Waals surface area contributed by atoms with Gasteiger partial charge in [0.1, 0.15) is 0 Å². The number of furan rings is 1. The summed E-state index contributed by atoms with van der Waals surface area (Å²) in [6.07, 6.45) is 5.75. The van der Waals surface area contributed by atoms with Crippen LogP contribution in [0.2, 0.25) is 0 Å². The SMILES string of the molecule is Cc1ccc(O)c2c1[PH]13CCN(CC4CC4)C(C)C1(O)CCN(C(=O)Cc1ccco1)C[C@@H]3O2. The van der Waals surface area contributed by atoms with E-state index < -0.39 is 12.6 Å². The second kappa shape index (κ2) is 7.97. The molecular weight excluding hydrogens is 451 g/mol. The number of phenolic OH excluding ortho intramolecular Hbond substituents is 1. The summed E-state index contributed by atoms with van der Waals surface area (Å²) >= 11 is 0. The van der Waals surface area contributed by atoms with Gasteiger partial charge in [0.05, 0.1) is 0 Å². The molecule has 1 amide bonds. The van der Waals surface area contributed by atoms with E-state index in [2.05, 4.69) is 18.7 Å². The summed E-state index contributed by atoms with van der Waals surface area (Å²) in [4.78, 5) is 17.6. The van der Waals surface area contributed by atoms with Crippen molar-refractivity contribution in [1.82, 2.24) is 9.80 Å². The molecule has 6 rings (SSSR count). The van der Waals surface area contributed by atoms with Crippen molar-refractivity contribution >= 4 is 18.5 Å². The molecule has 2 aromatic rings. The number of amides is 1. The van der Waals surface area contributed by atoms with Gasteiger partial charge in [-0.2, -0.15) is 0 Å². The van der Waals surface area contributed by atoms with Crippen LogP contribution in [-0.4, -0.2) is 75.5 Å². The van der Waals surface area contributed by atoms with Gasteiger partial charge in [-0.25, -0.2) is 0 Å². The maximum absolute atomic E-state index is 13.3.